The molecule has 0 spiro atoms. The highest BCUT2D eigenvalue weighted by Gasteiger charge is 2.10. The predicted octanol–water partition coefficient (Wildman–Crippen LogP) is 4.72. The van der Waals surface area contributed by atoms with Gasteiger partial charge >= 0.3 is 0 Å². The number of nitrogens with one attached hydrogen (secondary N) is 2. The summed E-state index contributed by atoms with van der Waals surface area (Å²) >= 11 is 11.8. The molecule has 0 aliphatic rings. The number of nitriles is 1. The molecular formula is C26H22Cl2N4O4. The molecule has 3 rings (SSSR count). The highest BCUT2D eigenvalue weighted by molar-refractivity contribution is 6.42. The summed E-state index contributed by atoms with van der Waals surface area (Å²) < 4.78 is 11.2. The monoisotopic (exact) mass is 524 g/mol. The Balaban J connectivity index is 1.48. The van der Waals surface area contributed by atoms with Crippen LogP contribution >= 0.6 is 23.2 Å². The molecule has 10 heteroatoms. The van der Waals surface area contributed by atoms with Gasteiger partial charge in [0.2, 0.25) is 5.91 Å². The van der Waals surface area contributed by atoms with Gasteiger partial charge in [-0.25, -0.2) is 5.43 Å². The summed E-state index contributed by atoms with van der Waals surface area (Å²) in [5.74, 6) is 0.244. The van der Waals surface area contributed by atoms with E-state index in [4.69, 9.17) is 32.7 Å². The lowest BCUT2D eigenvalue weighted by molar-refractivity contribution is -0.120. The minimum atomic E-state index is -0.372. The number of rotatable bonds is 10. The predicted molar refractivity (Wildman–Crippen MR) is 138 cm³/mol. The lowest BCUT2D eigenvalue weighted by Gasteiger charge is -2.12. The fraction of sp³-hybridized carbons (Fsp3) is 0.154. The second-order valence-corrected chi connectivity index (χ2v) is 8.21. The summed E-state index contributed by atoms with van der Waals surface area (Å²) in [6.45, 7) is 0.334. The minimum Gasteiger partial charge on any atom is -0.493 e. The molecule has 0 radical (unpaired) electrons. The summed E-state index contributed by atoms with van der Waals surface area (Å²) in [5.41, 5.74) is 4.74. The molecular weight excluding hydrogens is 503 g/mol. The Morgan fingerprint density at radius 3 is 2.61 bits per heavy atom. The number of methoxy groups -OCH3 is 1. The number of halogens is 2. The number of ether oxygens (including phenoxy) is 2. The maximum Gasteiger partial charge on any atom is 0.251 e. The number of hydrazone groups is 1. The van der Waals surface area contributed by atoms with Gasteiger partial charge in [-0.15, -0.1) is 0 Å². The highest BCUT2D eigenvalue weighted by Crippen LogP contribution is 2.28. The summed E-state index contributed by atoms with van der Waals surface area (Å²) in [6.07, 6.45) is 1.49. The second-order valence-electron chi connectivity index (χ2n) is 7.40. The van der Waals surface area contributed by atoms with E-state index >= 15 is 0 Å². The minimum absolute atomic E-state index is 0.0324. The third kappa shape index (κ3) is 7.47. The van der Waals surface area contributed by atoms with Gasteiger partial charge in [0.25, 0.3) is 5.91 Å². The van der Waals surface area contributed by atoms with Crippen LogP contribution in [0.15, 0.2) is 65.8 Å². The van der Waals surface area contributed by atoms with Crippen molar-refractivity contribution in [3.8, 4) is 17.6 Å². The van der Waals surface area contributed by atoms with Crippen LogP contribution in [0.1, 0.15) is 33.5 Å². The lowest BCUT2D eigenvalue weighted by atomic mass is 10.1. The Kier molecular flexibility index (Phi) is 9.69. The Morgan fingerprint density at radius 1 is 1.06 bits per heavy atom. The zero-order valence-electron chi connectivity index (χ0n) is 19.3. The van der Waals surface area contributed by atoms with Crippen LogP contribution in [0.4, 0.5) is 0 Å². The number of hydrogen-bond acceptors (Lipinski definition) is 6. The Morgan fingerprint density at radius 2 is 1.86 bits per heavy atom. The fourth-order valence-corrected chi connectivity index (χ4v) is 3.36. The molecule has 0 aliphatic carbocycles. The van der Waals surface area contributed by atoms with Crippen molar-refractivity contribution in [2.75, 3.05) is 13.7 Å². The van der Waals surface area contributed by atoms with Crippen molar-refractivity contribution in [3.05, 3.63) is 93.0 Å². The van der Waals surface area contributed by atoms with E-state index in [9.17, 15) is 14.9 Å². The van der Waals surface area contributed by atoms with Gasteiger partial charge in [0.05, 0.1) is 35.0 Å². The van der Waals surface area contributed by atoms with Crippen LogP contribution in [-0.4, -0.2) is 31.7 Å². The van der Waals surface area contributed by atoms with E-state index in [2.05, 4.69) is 21.9 Å². The maximum absolute atomic E-state index is 12.1. The van der Waals surface area contributed by atoms with Crippen LogP contribution in [0.3, 0.4) is 0 Å². The fourth-order valence-electron chi connectivity index (χ4n) is 3.06. The molecule has 184 valence electrons. The molecule has 36 heavy (non-hydrogen) atoms. The van der Waals surface area contributed by atoms with Crippen molar-refractivity contribution in [1.82, 2.24) is 10.7 Å². The molecule has 8 nitrogen and oxygen atoms in total. The smallest absolute Gasteiger partial charge is 0.251 e. The molecule has 2 N–H and O–H groups in total. The molecule has 3 aromatic rings. The first kappa shape index (κ1) is 26.5. The second kappa shape index (κ2) is 13.1. The molecule has 0 heterocycles. The van der Waals surface area contributed by atoms with Crippen LogP contribution in [0.25, 0.3) is 0 Å². The summed E-state index contributed by atoms with van der Waals surface area (Å²) in [5, 5.41) is 16.4. The van der Waals surface area contributed by atoms with Crippen LogP contribution in [-0.2, 0) is 11.4 Å². The van der Waals surface area contributed by atoms with Crippen molar-refractivity contribution in [2.45, 2.75) is 13.0 Å². The lowest BCUT2D eigenvalue weighted by Crippen LogP contribution is -2.29. The van der Waals surface area contributed by atoms with E-state index in [-0.39, 0.29) is 36.4 Å². The van der Waals surface area contributed by atoms with Gasteiger partial charge in [-0.3, -0.25) is 9.59 Å². The zero-order chi connectivity index (χ0) is 25.9. The largest absolute Gasteiger partial charge is 0.493 e. The van der Waals surface area contributed by atoms with Gasteiger partial charge in [0.15, 0.2) is 11.5 Å². The van der Waals surface area contributed by atoms with Crippen molar-refractivity contribution in [1.29, 1.82) is 5.26 Å². The summed E-state index contributed by atoms with van der Waals surface area (Å²) in [7, 11) is 1.51. The Labute approximate surface area is 218 Å². The molecule has 0 fully saturated rings. The van der Waals surface area contributed by atoms with E-state index in [1.54, 1.807) is 36.4 Å². The third-order valence-electron chi connectivity index (χ3n) is 4.93. The van der Waals surface area contributed by atoms with E-state index in [1.165, 1.54) is 25.5 Å². The van der Waals surface area contributed by atoms with Gasteiger partial charge < -0.3 is 14.8 Å². The first-order chi connectivity index (χ1) is 17.4. The number of benzene rings is 3. The van der Waals surface area contributed by atoms with Gasteiger partial charge in [-0.05, 0) is 48.0 Å². The molecule has 0 unspecified atom stereocenters. The number of carbonyl (C=O) groups excluding carboxylic acids is 2. The van der Waals surface area contributed by atoms with Crippen LogP contribution in [0.2, 0.25) is 10.0 Å². The maximum atomic E-state index is 12.1. The SMILES string of the molecule is COc1cc(C=NNC(=O)CCNC(=O)c2ccc(Cl)c(Cl)c2)ccc1OCc1ccccc1C#N. The van der Waals surface area contributed by atoms with Crippen molar-refractivity contribution in [2.24, 2.45) is 5.10 Å². The third-order valence-corrected chi connectivity index (χ3v) is 5.67. The van der Waals surface area contributed by atoms with Crippen LogP contribution < -0.4 is 20.2 Å². The van der Waals surface area contributed by atoms with Gasteiger partial charge in [0.1, 0.15) is 6.61 Å². The topological polar surface area (TPSA) is 113 Å². The molecule has 0 bridgehead atoms. The number of nitrogens with zero attached hydrogens (tertiary/aromatic N) is 2. The molecule has 0 atom stereocenters. The zero-order valence-corrected chi connectivity index (χ0v) is 20.8. The first-order valence-electron chi connectivity index (χ1n) is 10.7. The average molecular weight is 525 g/mol. The number of amides is 2. The van der Waals surface area contributed by atoms with E-state index < -0.39 is 0 Å². The van der Waals surface area contributed by atoms with Gasteiger partial charge in [-0.2, -0.15) is 10.4 Å². The first-order valence-corrected chi connectivity index (χ1v) is 11.5. The van der Waals surface area contributed by atoms with E-state index in [0.717, 1.165) is 5.56 Å². The average Bonchev–Trinajstić information content (AvgIpc) is 2.89. The van der Waals surface area contributed by atoms with Crippen molar-refractivity contribution < 1.29 is 19.1 Å². The van der Waals surface area contributed by atoms with Crippen molar-refractivity contribution >= 4 is 41.2 Å². The van der Waals surface area contributed by atoms with Crippen LogP contribution in [0, 0.1) is 11.3 Å². The molecule has 0 saturated heterocycles. The normalized spacial score (nSPS) is 10.5. The van der Waals surface area contributed by atoms with E-state index in [0.29, 0.717) is 33.2 Å². The molecule has 0 saturated carbocycles. The summed E-state index contributed by atoms with van der Waals surface area (Å²) in [4.78, 5) is 24.1. The molecule has 3 aromatic carbocycles. The Bertz CT molecular complexity index is 1320. The van der Waals surface area contributed by atoms with E-state index in [1.807, 2.05) is 12.1 Å². The van der Waals surface area contributed by atoms with Crippen molar-refractivity contribution in [3.63, 3.8) is 0 Å². The van der Waals surface area contributed by atoms with Gasteiger partial charge in [0, 0.05) is 24.1 Å². The highest BCUT2D eigenvalue weighted by atomic mass is 35.5. The number of hydrogen-bond donors (Lipinski definition) is 2. The molecule has 2 amide bonds. The molecule has 0 aromatic heterocycles. The van der Waals surface area contributed by atoms with Crippen LogP contribution in [0.5, 0.6) is 11.5 Å². The Hall–Kier alpha value is -4.06. The quantitative estimate of drug-likeness (QED) is 0.294. The standard InChI is InChI=1S/C26H22Cl2N4O4/c1-35-24-12-17(6-9-23(24)36-16-20-5-3-2-4-19(20)14-29)15-31-32-25(33)10-11-30-26(34)18-7-8-21(27)22(28)13-18/h2-9,12-13,15H,10-11,16H2,1H3,(H,30,34)(H,32,33). The molecule has 0 aliphatic heterocycles. The summed E-state index contributed by atoms with van der Waals surface area (Å²) in [6, 6.07) is 19.0. The number of carbonyl (C=O) groups is 2. The van der Waals surface area contributed by atoms with Gasteiger partial charge in [-0.1, -0.05) is 41.4 Å².